The largest absolute Gasteiger partial charge is 0.301 e. The van der Waals surface area contributed by atoms with Gasteiger partial charge in [-0.1, -0.05) is 6.92 Å². The van der Waals surface area contributed by atoms with Crippen LogP contribution >= 0.6 is 22.9 Å². The van der Waals surface area contributed by atoms with Crippen molar-refractivity contribution < 1.29 is 4.79 Å². The highest BCUT2D eigenvalue weighted by molar-refractivity contribution is 14.1. The third kappa shape index (κ3) is 4.10. The predicted octanol–water partition coefficient (Wildman–Crippen LogP) is 0.480. The van der Waals surface area contributed by atoms with Crippen LogP contribution in [0.1, 0.15) is 13.3 Å². The molecule has 0 aromatic carbocycles. The van der Waals surface area contributed by atoms with Crippen LogP contribution in [0.3, 0.4) is 0 Å². The zero-order valence-corrected chi connectivity index (χ0v) is 10.8. The summed E-state index contributed by atoms with van der Waals surface area (Å²) in [7, 11) is 0. The molecule has 14 heavy (non-hydrogen) atoms. The molecule has 0 spiro atoms. The van der Waals surface area contributed by atoms with Crippen LogP contribution in [0.4, 0.5) is 0 Å². The first kappa shape index (κ1) is 12.2. The van der Waals surface area contributed by atoms with E-state index in [9.17, 15) is 4.79 Å². The average Bonchev–Trinajstić information content (AvgIpc) is 2.26. The lowest BCUT2D eigenvalue weighted by atomic mass is 10.3. The second-order valence-corrected chi connectivity index (χ2v) is 4.08. The molecule has 0 saturated carbocycles. The fraction of sp³-hybridized carbons (Fsp3) is 0.889. The number of halogens is 1. The van der Waals surface area contributed by atoms with Crippen LogP contribution in [0.2, 0.25) is 0 Å². The van der Waals surface area contributed by atoms with Gasteiger partial charge in [0.2, 0.25) is 5.91 Å². The van der Waals surface area contributed by atoms with Gasteiger partial charge in [0.05, 0.1) is 22.9 Å². The summed E-state index contributed by atoms with van der Waals surface area (Å²) >= 11 is 1.89. The number of likely N-dealkylation sites (N-methyl/N-ethyl adjacent to an activating group) is 1. The maximum atomic E-state index is 11.0. The summed E-state index contributed by atoms with van der Waals surface area (Å²) in [6.45, 7) is 8.71. The molecule has 5 heteroatoms. The Balaban J connectivity index is 2.13. The van der Waals surface area contributed by atoms with E-state index in [1.54, 1.807) is 0 Å². The van der Waals surface area contributed by atoms with Crippen molar-refractivity contribution in [1.82, 2.24) is 13.3 Å². The quantitative estimate of drug-likeness (QED) is 0.606. The van der Waals surface area contributed by atoms with Gasteiger partial charge in [0.15, 0.2) is 0 Å². The Morgan fingerprint density at radius 2 is 1.86 bits per heavy atom. The molecule has 1 amide bonds. The minimum absolute atomic E-state index is 0.128. The monoisotopic (exact) mass is 311 g/mol. The maximum Gasteiger partial charge on any atom is 0.229 e. The second kappa shape index (κ2) is 6.58. The summed E-state index contributed by atoms with van der Waals surface area (Å²) in [4.78, 5) is 15.8. The Kier molecular flexibility index (Phi) is 5.73. The second-order valence-electron chi connectivity index (χ2n) is 3.54. The van der Waals surface area contributed by atoms with E-state index in [1.807, 2.05) is 22.9 Å². The zero-order valence-electron chi connectivity index (χ0n) is 8.63. The van der Waals surface area contributed by atoms with Crippen LogP contribution in [0, 0.1) is 0 Å². The molecule has 0 aromatic rings. The molecule has 4 nitrogen and oxygen atoms in total. The number of carbonyl (C=O) groups excluding carboxylic acids is 1. The summed E-state index contributed by atoms with van der Waals surface area (Å²) in [5.41, 5.74) is 0. The van der Waals surface area contributed by atoms with Gasteiger partial charge in [0.1, 0.15) is 0 Å². The highest BCUT2D eigenvalue weighted by atomic mass is 127. The molecule has 0 aromatic heterocycles. The van der Waals surface area contributed by atoms with Gasteiger partial charge in [0.25, 0.3) is 0 Å². The van der Waals surface area contributed by atoms with E-state index >= 15 is 0 Å². The van der Waals surface area contributed by atoms with Crippen molar-refractivity contribution in [3.8, 4) is 0 Å². The minimum Gasteiger partial charge on any atom is -0.301 e. The molecule has 1 rings (SSSR count). The van der Waals surface area contributed by atoms with Crippen molar-refractivity contribution in [2.75, 3.05) is 39.3 Å². The third-order valence-corrected chi connectivity index (χ3v) is 3.27. The smallest absolute Gasteiger partial charge is 0.229 e. The van der Waals surface area contributed by atoms with E-state index in [2.05, 4.69) is 20.3 Å². The minimum atomic E-state index is 0.128. The molecule has 1 heterocycles. The van der Waals surface area contributed by atoms with Gasteiger partial charge in [-0.05, 0) is 6.54 Å². The molecule has 82 valence electrons. The summed E-state index contributed by atoms with van der Waals surface area (Å²) in [6.07, 6.45) is 0.620. The first-order valence-corrected chi connectivity index (χ1v) is 6.18. The standard InChI is InChI=1S/C9H18IN3O/c1-2-12-5-7-13(8-6-12)4-3-9(14)11-10/h2-8H2,1H3,(H,11,14). The molecule has 1 fully saturated rings. The summed E-state index contributed by atoms with van der Waals surface area (Å²) in [5.74, 6) is 0.128. The predicted molar refractivity (Wildman–Crippen MR) is 65.3 cm³/mol. The van der Waals surface area contributed by atoms with E-state index < -0.39 is 0 Å². The number of hydrogen-bond acceptors (Lipinski definition) is 3. The molecule has 1 saturated heterocycles. The van der Waals surface area contributed by atoms with E-state index in [1.165, 1.54) is 0 Å². The number of piperazine rings is 1. The van der Waals surface area contributed by atoms with Crippen LogP contribution in [0.25, 0.3) is 0 Å². The molecular weight excluding hydrogens is 293 g/mol. The number of hydrogen-bond donors (Lipinski definition) is 1. The average molecular weight is 311 g/mol. The Morgan fingerprint density at radius 3 is 2.36 bits per heavy atom. The van der Waals surface area contributed by atoms with E-state index in [0.717, 1.165) is 39.3 Å². The Bertz CT molecular complexity index is 181. The molecule has 0 unspecified atom stereocenters. The van der Waals surface area contributed by atoms with Gasteiger partial charge in [0, 0.05) is 39.1 Å². The van der Waals surface area contributed by atoms with Gasteiger partial charge in [-0.15, -0.1) is 0 Å². The highest BCUT2D eigenvalue weighted by Gasteiger charge is 2.15. The van der Waals surface area contributed by atoms with E-state index in [-0.39, 0.29) is 5.91 Å². The van der Waals surface area contributed by atoms with Gasteiger partial charge in [-0.3, -0.25) is 8.32 Å². The van der Waals surface area contributed by atoms with Gasteiger partial charge < -0.3 is 9.80 Å². The fourth-order valence-electron chi connectivity index (χ4n) is 1.64. The fourth-order valence-corrected chi connectivity index (χ4v) is 1.91. The molecule has 0 atom stereocenters. The molecule has 1 aliphatic rings. The number of nitrogens with zero attached hydrogens (tertiary/aromatic N) is 2. The molecule has 1 N–H and O–H groups in total. The van der Waals surface area contributed by atoms with Crippen LogP contribution < -0.4 is 3.53 Å². The molecule has 0 bridgehead atoms. The Morgan fingerprint density at radius 1 is 1.29 bits per heavy atom. The van der Waals surface area contributed by atoms with Gasteiger partial charge in [-0.2, -0.15) is 0 Å². The molecule has 0 radical (unpaired) electrons. The van der Waals surface area contributed by atoms with Gasteiger partial charge >= 0.3 is 0 Å². The van der Waals surface area contributed by atoms with Crippen LogP contribution in [0.15, 0.2) is 0 Å². The maximum absolute atomic E-state index is 11.0. The van der Waals surface area contributed by atoms with E-state index in [0.29, 0.717) is 6.42 Å². The normalized spacial score (nSPS) is 19.6. The number of carbonyl (C=O) groups is 1. The SMILES string of the molecule is CCN1CCN(CCC(=O)NI)CC1. The first-order valence-electron chi connectivity index (χ1n) is 5.10. The Hall–Kier alpha value is 0.120. The van der Waals surface area contributed by atoms with Crippen LogP contribution in [-0.4, -0.2) is 55.0 Å². The molecular formula is C9H18IN3O. The molecule has 0 aliphatic carbocycles. The topological polar surface area (TPSA) is 35.6 Å². The van der Waals surface area contributed by atoms with Crippen LogP contribution in [-0.2, 0) is 4.79 Å². The van der Waals surface area contributed by atoms with Crippen LogP contribution in [0.5, 0.6) is 0 Å². The van der Waals surface area contributed by atoms with Crippen molar-refractivity contribution in [2.45, 2.75) is 13.3 Å². The number of rotatable bonds is 4. The van der Waals surface area contributed by atoms with Crippen molar-refractivity contribution >= 4 is 28.8 Å². The highest BCUT2D eigenvalue weighted by Crippen LogP contribution is 2.01. The summed E-state index contributed by atoms with van der Waals surface area (Å²) < 4.78 is 2.62. The van der Waals surface area contributed by atoms with Gasteiger partial charge in [-0.25, -0.2) is 0 Å². The lowest BCUT2D eigenvalue weighted by Crippen LogP contribution is -2.46. The van der Waals surface area contributed by atoms with Crippen molar-refractivity contribution in [2.24, 2.45) is 0 Å². The van der Waals surface area contributed by atoms with Crippen molar-refractivity contribution in [3.05, 3.63) is 0 Å². The van der Waals surface area contributed by atoms with E-state index in [4.69, 9.17) is 0 Å². The lowest BCUT2D eigenvalue weighted by Gasteiger charge is -2.33. The first-order chi connectivity index (χ1) is 6.76. The van der Waals surface area contributed by atoms with Crippen molar-refractivity contribution in [3.63, 3.8) is 0 Å². The summed E-state index contributed by atoms with van der Waals surface area (Å²) in [5, 5.41) is 0. The third-order valence-electron chi connectivity index (χ3n) is 2.67. The van der Waals surface area contributed by atoms with Crippen molar-refractivity contribution in [1.29, 1.82) is 0 Å². The number of nitrogens with one attached hydrogen (secondary N) is 1. The Labute approximate surface area is 99.5 Å². The summed E-state index contributed by atoms with van der Waals surface area (Å²) in [6, 6.07) is 0. The zero-order chi connectivity index (χ0) is 10.4. The molecule has 1 aliphatic heterocycles. The number of amides is 1. The lowest BCUT2D eigenvalue weighted by molar-refractivity contribution is -0.119.